The molecule has 7 rings (SSSR count). The number of halogens is 1. The van der Waals surface area contributed by atoms with E-state index in [1.54, 1.807) is 20.6 Å². The van der Waals surface area contributed by atoms with Gasteiger partial charge in [-0.2, -0.15) is 0 Å². The van der Waals surface area contributed by atoms with Crippen molar-refractivity contribution in [3.8, 4) is 0 Å². The predicted octanol–water partition coefficient (Wildman–Crippen LogP) is 5.45. The Balaban J connectivity index is 0.923. The Bertz CT molecular complexity index is 2460. The second-order valence-electron chi connectivity index (χ2n) is 16.4. The van der Waals surface area contributed by atoms with Crippen LogP contribution in [0.4, 0.5) is 24.5 Å². The average Bonchev–Trinajstić information content (AvgIpc) is 3.83. The summed E-state index contributed by atoms with van der Waals surface area (Å²) in [7, 11) is 0. The summed E-state index contributed by atoms with van der Waals surface area (Å²) in [4.78, 5) is 67.1. The Morgan fingerprint density at radius 2 is 1.57 bits per heavy atom. The summed E-state index contributed by atoms with van der Waals surface area (Å²) < 4.78 is 28.4. The molecule has 352 valence electrons. The van der Waals surface area contributed by atoms with E-state index >= 15 is 4.39 Å². The van der Waals surface area contributed by atoms with Crippen LogP contribution in [0.3, 0.4) is 0 Å². The number of ketones is 1. The molecule has 0 radical (unpaired) electrons. The number of aliphatic carboxylic acids is 1. The lowest BCUT2D eigenvalue weighted by molar-refractivity contribution is -0.136. The van der Waals surface area contributed by atoms with E-state index in [1.165, 1.54) is 12.3 Å². The Labute approximate surface area is 387 Å². The number of hydrogen-bond donors (Lipinski definition) is 5. The van der Waals surface area contributed by atoms with E-state index in [1.807, 2.05) is 103 Å². The first-order chi connectivity index (χ1) is 32.4. The lowest BCUT2D eigenvalue weighted by Crippen LogP contribution is -2.50. The molecular formula is C48H55FN10O8. The van der Waals surface area contributed by atoms with Crippen molar-refractivity contribution in [1.82, 2.24) is 40.3 Å². The van der Waals surface area contributed by atoms with Crippen LogP contribution < -0.4 is 21.7 Å². The van der Waals surface area contributed by atoms with Crippen LogP contribution in [0.15, 0.2) is 127 Å². The van der Waals surface area contributed by atoms with Gasteiger partial charge in [0.15, 0.2) is 5.78 Å². The molecule has 2 unspecified atom stereocenters. The normalized spacial score (nSPS) is 17.8. The standard InChI is InChI=1S/C48H55FN10O8/c1-2-56-28-38(45(61)62)44(60)37-25-39(49)43(26-42(37)56)57-20-22-58(23-21-57)48(65)67-31-34-15-17-35(18-16-34)52-27-36(14-9-19-51-46(50)63)59-29-41(54-55-59)40(24-32-10-5-3-6-11-32)53-47(64)66-30-33-12-7-4-8-13-33/h3-8,10-13,15-18,25-26,28-29,36-37,40,42,52H,2,9,14,19-24,27,30-31H2,1H3,(H,53,64)(H,61,62)(H3,50,51,63)/t36-,37?,40+,42?/m1/s1. The van der Waals surface area contributed by atoms with Gasteiger partial charge in [0.2, 0.25) is 0 Å². The molecule has 19 heteroatoms. The molecule has 4 amide bonds. The van der Waals surface area contributed by atoms with Gasteiger partial charge in [0.25, 0.3) is 0 Å². The number of nitrogens with two attached hydrogens (primary N) is 1. The van der Waals surface area contributed by atoms with E-state index < -0.39 is 53.8 Å². The van der Waals surface area contributed by atoms with Crippen molar-refractivity contribution < 1.29 is 42.9 Å². The van der Waals surface area contributed by atoms with E-state index in [4.69, 9.17) is 15.2 Å². The van der Waals surface area contributed by atoms with Gasteiger partial charge in [0, 0.05) is 57.7 Å². The molecule has 3 aliphatic rings. The SMILES string of the molecule is CCN1C=C(C(=O)O)C(=O)C2C=C(F)C(N3CCN(C(=O)OCc4ccc(NC[C@@H](CCCNC(N)=O)n5cc([C@H](Cc6ccccc6)NC(=O)OCc6ccccc6)nn5)cc4)CC3)=CC21. The Morgan fingerprint density at radius 3 is 2.24 bits per heavy atom. The highest BCUT2D eigenvalue weighted by Gasteiger charge is 2.41. The fraction of sp³-hybridized carbons (Fsp3) is 0.354. The van der Waals surface area contributed by atoms with Gasteiger partial charge in [-0.1, -0.05) is 78.0 Å². The Morgan fingerprint density at radius 1 is 0.896 bits per heavy atom. The Kier molecular flexibility index (Phi) is 15.9. The summed E-state index contributed by atoms with van der Waals surface area (Å²) in [6.07, 6.45) is 6.59. The van der Waals surface area contributed by atoms with Crippen LogP contribution in [0.1, 0.15) is 54.2 Å². The highest BCUT2D eigenvalue weighted by Crippen LogP contribution is 2.35. The number of likely N-dealkylation sites (N-methyl/N-ethyl adjacent to an activating group) is 1. The van der Waals surface area contributed by atoms with E-state index in [0.29, 0.717) is 76.5 Å². The molecule has 1 saturated heterocycles. The van der Waals surface area contributed by atoms with Crippen molar-refractivity contribution in [2.45, 2.75) is 57.5 Å². The van der Waals surface area contributed by atoms with Gasteiger partial charge in [-0.05, 0) is 67.2 Å². The van der Waals surface area contributed by atoms with E-state index in [9.17, 15) is 29.1 Å². The number of amides is 4. The molecule has 3 heterocycles. The number of carboxylic acids is 1. The van der Waals surface area contributed by atoms with Crippen molar-refractivity contribution >= 4 is 35.7 Å². The van der Waals surface area contributed by atoms with Gasteiger partial charge in [-0.15, -0.1) is 5.10 Å². The van der Waals surface area contributed by atoms with E-state index in [0.717, 1.165) is 22.4 Å². The van der Waals surface area contributed by atoms with Crippen molar-refractivity contribution in [2.75, 3.05) is 51.1 Å². The predicted molar refractivity (Wildman–Crippen MR) is 244 cm³/mol. The lowest BCUT2D eigenvalue weighted by atomic mass is 9.82. The number of fused-ring (bicyclic) bond motifs is 1. The third-order valence-corrected chi connectivity index (χ3v) is 11.9. The number of Topliss-reactive ketones (excluding diaryl/α,β-unsaturated/α-hetero) is 1. The first-order valence-electron chi connectivity index (χ1n) is 22.3. The van der Waals surface area contributed by atoms with Gasteiger partial charge < -0.3 is 51.0 Å². The van der Waals surface area contributed by atoms with Gasteiger partial charge in [0.05, 0.1) is 35.9 Å². The minimum absolute atomic E-state index is 0.0346. The number of aromatic nitrogens is 3. The highest BCUT2D eigenvalue weighted by molar-refractivity contribution is 6.18. The minimum Gasteiger partial charge on any atom is -0.478 e. The summed E-state index contributed by atoms with van der Waals surface area (Å²) in [6.45, 7) is 4.48. The topological polar surface area (TPSA) is 227 Å². The maximum atomic E-state index is 15.4. The average molecular weight is 919 g/mol. The summed E-state index contributed by atoms with van der Waals surface area (Å²) >= 11 is 0. The van der Waals surface area contributed by atoms with Crippen molar-refractivity contribution in [3.63, 3.8) is 0 Å². The second kappa shape index (κ2) is 22.5. The quantitative estimate of drug-likeness (QED) is 0.0583. The molecule has 1 aromatic heterocycles. The van der Waals surface area contributed by atoms with Gasteiger partial charge in [-0.25, -0.2) is 28.3 Å². The first-order valence-corrected chi connectivity index (χ1v) is 22.3. The largest absolute Gasteiger partial charge is 0.478 e. The second-order valence-corrected chi connectivity index (χ2v) is 16.4. The van der Waals surface area contributed by atoms with E-state index in [-0.39, 0.29) is 24.8 Å². The number of alkyl carbamates (subject to hydrolysis) is 1. The zero-order valence-corrected chi connectivity index (χ0v) is 37.1. The van der Waals surface area contributed by atoms with Gasteiger partial charge in [0.1, 0.15) is 30.3 Å². The van der Waals surface area contributed by atoms with Crippen LogP contribution in [-0.2, 0) is 38.7 Å². The number of nitrogens with one attached hydrogen (secondary N) is 3. The first kappa shape index (κ1) is 47.3. The van der Waals surface area contributed by atoms with Crippen LogP contribution >= 0.6 is 0 Å². The molecule has 4 atom stereocenters. The molecule has 18 nitrogen and oxygen atoms in total. The maximum Gasteiger partial charge on any atom is 0.410 e. The zero-order chi connectivity index (χ0) is 47.3. The summed E-state index contributed by atoms with van der Waals surface area (Å²) in [5.41, 5.74) is 9.23. The molecule has 1 fully saturated rings. The molecule has 4 aromatic rings. The number of rotatable bonds is 19. The number of benzene rings is 3. The number of hydrogen-bond acceptors (Lipinski definition) is 12. The number of carbonyl (C=O) groups excluding carboxylic acids is 4. The molecule has 3 aromatic carbocycles. The fourth-order valence-corrected chi connectivity index (χ4v) is 8.25. The van der Waals surface area contributed by atoms with Crippen molar-refractivity contribution in [3.05, 3.63) is 149 Å². The third-order valence-electron chi connectivity index (χ3n) is 11.9. The zero-order valence-electron chi connectivity index (χ0n) is 37.1. The van der Waals surface area contributed by atoms with Crippen LogP contribution in [0.2, 0.25) is 0 Å². The van der Waals surface area contributed by atoms with Gasteiger partial charge in [-0.3, -0.25) is 4.79 Å². The molecule has 2 aliphatic heterocycles. The number of carboxylic acid groups (broad SMARTS) is 1. The number of anilines is 1. The number of nitrogens with zero attached hydrogens (tertiary/aromatic N) is 6. The number of piperazine rings is 1. The number of allylic oxidation sites excluding steroid dienone is 1. The molecular weight excluding hydrogens is 864 g/mol. The molecule has 0 saturated carbocycles. The van der Waals surface area contributed by atoms with Gasteiger partial charge >= 0.3 is 24.2 Å². The number of carbonyl (C=O) groups is 5. The monoisotopic (exact) mass is 918 g/mol. The summed E-state index contributed by atoms with van der Waals surface area (Å²) in [6, 6.07) is 24.7. The van der Waals surface area contributed by atoms with Crippen LogP contribution in [0.25, 0.3) is 0 Å². The highest BCUT2D eigenvalue weighted by atomic mass is 19.1. The smallest absolute Gasteiger partial charge is 0.410 e. The number of ether oxygens (including phenoxy) is 2. The third kappa shape index (κ3) is 12.6. The summed E-state index contributed by atoms with van der Waals surface area (Å²) in [5.74, 6) is -3.50. The number of urea groups is 1. The molecule has 67 heavy (non-hydrogen) atoms. The summed E-state index contributed by atoms with van der Waals surface area (Å²) in [5, 5.41) is 27.5. The lowest BCUT2D eigenvalue weighted by Gasteiger charge is -2.42. The van der Waals surface area contributed by atoms with Crippen molar-refractivity contribution in [2.24, 2.45) is 11.7 Å². The Hall–Kier alpha value is -7.70. The minimum atomic E-state index is -1.34. The fourth-order valence-electron chi connectivity index (χ4n) is 8.25. The van der Waals surface area contributed by atoms with Crippen molar-refractivity contribution in [1.29, 1.82) is 0 Å². The van der Waals surface area contributed by atoms with Crippen LogP contribution in [0.5, 0.6) is 0 Å². The molecule has 6 N–H and O–H groups in total. The van der Waals surface area contributed by atoms with E-state index in [2.05, 4.69) is 26.3 Å². The maximum absolute atomic E-state index is 15.4. The molecule has 0 bridgehead atoms. The molecule has 0 spiro atoms. The molecule has 1 aliphatic carbocycles. The number of primary amides is 1. The van der Waals surface area contributed by atoms with Crippen LogP contribution in [0, 0.1) is 5.92 Å². The van der Waals surface area contributed by atoms with Crippen LogP contribution in [-0.4, -0.2) is 117 Å².